The number of nitrogens with one attached hydrogen (secondary N) is 2. The third kappa shape index (κ3) is 3.51. The number of halogens is 1. The molecule has 1 atom stereocenters. The zero-order chi connectivity index (χ0) is 17.1. The van der Waals surface area contributed by atoms with E-state index < -0.39 is 0 Å². The Hall–Kier alpha value is -2.15. The van der Waals surface area contributed by atoms with E-state index in [0.29, 0.717) is 13.1 Å². The molecule has 2 fully saturated rings. The SMILES string of the molecule is CCC[C@H]1NC(=O)N(C[NH+]2CCN(c3ccc(F)cc3)CC2)C1=O. The third-order valence-electron chi connectivity index (χ3n) is 4.73. The first-order valence-electron chi connectivity index (χ1n) is 8.54. The molecule has 0 bridgehead atoms. The van der Waals surface area contributed by atoms with Crippen molar-refractivity contribution in [3.8, 4) is 0 Å². The lowest BCUT2D eigenvalue weighted by Crippen LogP contribution is -3.16. The van der Waals surface area contributed by atoms with Crippen LogP contribution >= 0.6 is 0 Å². The maximum absolute atomic E-state index is 13.0. The molecule has 3 rings (SSSR count). The molecule has 2 heterocycles. The van der Waals surface area contributed by atoms with Crippen molar-refractivity contribution in [3.05, 3.63) is 30.1 Å². The number of amides is 3. The monoisotopic (exact) mass is 335 g/mol. The average molecular weight is 335 g/mol. The van der Waals surface area contributed by atoms with Crippen molar-refractivity contribution in [1.29, 1.82) is 0 Å². The zero-order valence-electron chi connectivity index (χ0n) is 13.9. The molecule has 0 spiro atoms. The minimum atomic E-state index is -0.359. The highest BCUT2D eigenvalue weighted by Gasteiger charge is 2.39. The molecule has 1 aromatic carbocycles. The molecule has 6 nitrogen and oxygen atoms in total. The second-order valence-electron chi connectivity index (χ2n) is 6.43. The molecule has 0 aliphatic carbocycles. The second kappa shape index (κ2) is 7.17. The number of carbonyl (C=O) groups is 2. The Kier molecular flexibility index (Phi) is 4.99. The summed E-state index contributed by atoms with van der Waals surface area (Å²) in [5, 5.41) is 2.76. The summed E-state index contributed by atoms with van der Waals surface area (Å²) in [5.41, 5.74) is 1.01. The predicted molar refractivity (Wildman–Crippen MR) is 88.3 cm³/mol. The number of nitrogens with zero attached hydrogens (tertiary/aromatic N) is 2. The number of rotatable bonds is 5. The van der Waals surface area contributed by atoms with Crippen LogP contribution in [0.1, 0.15) is 19.8 Å². The van der Waals surface area contributed by atoms with Crippen LogP contribution in [0.25, 0.3) is 0 Å². The van der Waals surface area contributed by atoms with Gasteiger partial charge in [0.25, 0.3) is 5.91 Å². The van der Waals surface area contributed by atoms with Crippen molar-refractivity contribution in [2.75, 3.05) is 37.7 Å². The molecule has 0 unspecified atom stereocenters. The van der Waals surface area contributed by atoms with Gasteiger partial charge in [-0.1, -0.05) is 13.3 Å². The maximum Gasteiger partial charge on any atom is 0.329 e. The van der Waals surface area contributed by atoms with E-state index in [2.05, 4.69) is 10.2 Å². The normalized spacial score (nSPS) is 22.2. The highest BCUT2D eigenvalue weighted by atomic mass is 19.1. The summed E-state index contributed by atoms with van der Waals surface area (Å²) >= 11 is 0. The fourth-order valence-electron chi connectivity index (χ4n) is 3.33. The minimum absolute atomic E-state index is 0.102. The first-order chi connectivity index (χ1) is 11.6. The van der Waals surface area contributed by atoms with Crippen LogP contribution in [0, 0.1) is 5.82 Å². The van der Waals surface area contributed by atoms with Crippen molar-refractivity contribution < 1.29 is 18.9 Å². The van der Waals surface area contributed by atoms with Gasteiger partial charge in [0.05, 0.1) is 26.2 Å². The maximum atomic E-state index is 13.0. The van der Waals surface area contributed by atoms with Crippen molar-refractivity contribution in [2.24, 2.45) is 0 Å². The lowest BCUT2D eigenvalue weighted by atomic mass is 10.2. The first kappa shape index (κ1) is 16.7. The molecule has 3 amide bonds. The largest absolute Gasteiger partial charge is 0.360 e. The second-order valence-corrected chi connectivity index (χ2v) is 6.43. The van der Waals surface area contributed by atoms with E-state index in [1.807, 2.05) is 6.92 Å². The van der Waals surface area contributed by atoms with Crippen LogP contribution in [0.3, 0.4) is 0 Å². The number of piperazine rings is 1. The number of urea groups is 1. The van der Waals surface area contributed by atoms with Gasteiger partial charge in [0.15, 0.2) is 6.67 Å². The Balaban J connectivity index is 1.53. The Morgan fingerprint density at radius 2 is 1.88 bits per heavy atom. The molecule has 0 aromatic heterocycles. The number of benzene rings is 1. The summed E-state index contributed by atoms with van der Waals surface area (Å²) in [7, 11) is 0. The third-order valence-corrected chi connectivity index (χ3v) is 4.73. The fraction of sp³-hybridized carbons (Fsp3) is 0.529. The molecular formula is C17H24FN4O2+. The van der Waals surface area contributed by atoms with Gasteiger partial charge >= 0.3 is 6.03 Å². The summed E-state index contributed by atoms with van der Waals surface area (Å²) in [6, 6.07) is 5.88. The lowest BCUT2D eigenvalue weighted by Gasteiger charge is -2.34. The fourth-order valence-corrected chi connectivity index (χ4v) is 3.33. The molecule has 0 saturated carbocycles. The lowest BCUT2D eigenvalue weighted by molar-refractivity contribution is -0.907. The predicted octanol–water partition coefficient (Wildman–Crippen LogP) is 0.209. The quantitative estimate of drug-likeness (QED) is 0.757. The number of anilines is 1. The zero-order valence-corrected chi connectivity index (χ0v) is 13.9. The average Bonchev–Trinajstić information content (AvgIpc) is 2.84. The van der Waals surface area contributed by atoms with Crippen LogP contribution in [0.15, 0.2) is 24.3 Å². The van der Waals surface area contributed by atoms with Crippen LogP contribution in [-0.2, 0) is 4.79 Å². The highest BCUT2D eigenvalue weighted by molar-refractivity contribution is 6.03. The molecule has 130 valence electrons. The molecule has 2 saturated heterocycles. The first-order valence-corrected chi connectivity index (χ1v) is 8.54. The smallest absolute Gasteiger partial charge is 0.329 e. The van der Waals surface area contributed by atoms with Crippen LogP contribution in [0.5, 0.6) is 0 Å². The molecular weight excluding hydrogens is 311 g/mol. The van der Waals surface area contributed by atoms with Crippen molar-refractivity contribution in [3.63, 3.8) is 0 Å². The van der Waals surface area contributed by atoms with Crippen molar-refractivity contribution in [2.45, 2.75) is 25.8 Å². The molecule has 2 N–H and O–H groups in total. The van der Waals surface area contributed by atoms with Gasteiger partial charge in [0.1, 0.15) is 11.9 Å². The summed E-state index contributed by atoms with van der Waals surface area (Å²) < 4.78 is 13.0. The Morgan fingerprint density at radius 3 is 2.50 bits per heavy atom. The number of imide groups is 1. The van der Waals surface area contributed by atoms with Crippen LogP contribution in [-0.4, -0.2) is 55.7 Å². The van der Waals surface area contributed by atoms with Gasteiger partial charge < -0.3 is 15.1 Å². The van der Waals surface area contributed by atoms with E-state index >= 15 is 0 Å². The summed E-state index contributed by atoms with van der Waals surface area (Å²) in [6.45, 7) is 5.75. The van der Waals surface area contributed by atoms with Gasteiger partial charge in [-0.2, -0.15) is 0 Å². The minimum Gasteiger partial charge on any atom is -0.360 e. The van der Waals surface area contributed by atoms with E-state index in [1.165, 1.54) is 21.9 Å². The van der Waals surface area contributed by atoms with E-state index in [4.69, 9.17) is 0 Å². The number of hydrogen-bond acceptors (Lipinski definition) is 3. The van der Waals surface area contributed by atoms with Gasteiger partial charge in [0.2, 0.25) is 0 Å². The number of quaternary nitrogens is 1. The van der Waals surface area contributed by atoms with Crippen molar-refractivity contribution >= 4 is 17.6 Å². The van der Waals surface area contributed by atoms with Crippen LogP contribution in [0.4, 0.5) is 14.9 Å². The van der Waals surface area contributed by atoms with E-state index in [0.717, 1.165) is 38.3 Å². The van der Waals surface area contributed by atoms with E-state index in [1.54, 1.807) is 12.1 Å². The molecule has 2 aliphatic rings. The van der Waals surface area contributed by atoms with Crippen molar-refractivity contribution in [1.82, 2.24) is 10.2 Å². The molecule has 24 heavy (non-hydrogen) atoms. The van der Waals surface area contributed by atoms with E-state index in [9.17, 15) is 14.0 Å². The van der Waals surface area contributed by atoms with Gasteiger partial charge in [-0.25, -0.2) is 14.1 Å². The molecule has 1 aromatic rings. The van der Waals surface area contributed by atoms with Gasteiger partial charge in [-0.3, -0.25) is 4.79 Å². The summed E-state index contributed by atoms with van der Waals surface area (Å²) in [5.74, 6) is -0.335. The topological polar surface area (TPSA) is 57.1 Å². The van der Waals surface area contributed by atoms with Gasteiger partial charge in [-0.05, 0) is 30.7 Å². The summed E-state index contributed by atoms with van der Waals surface area (Å²) in [6.07, 6.45) is 1.56. The van der Waals surface area contributed by atoms with E-state index in [-0.39, 0.29) is 23.8 Å². The Morgan fingerprint density at radius 1 is 1.21 bits per heavy atom. The van der Waals surface area contributed by atoms with Gasteiger partial charge in [-0.15, -0.1) is 0 Å². The summed E-state index contributed by atoms with van der Waals surface area (Å²) in [4.78, 5) is 29.0. The Labute approximate surface area is 141 Å². The highest BCUT2D eigenvalue weighted by Crippen LogP contribution is 2.14. The molecule has 0 radical (unpaired) electrons. The Bertz CT molecular complexity index is 599. The number of carbonyl (C=O) groups excluding carboxylic acids is 2. The van der Waals surface area contributed by atoms with Gasteiger partial charge in [0, 0.05) is 5.69 Å². The van der Waals surface area contributed by atoms with Crippen LogP contribution in [0.2, 0.25) is 0 Å². The molecule has 7 heteroatoms. The standard InChI is InChI=1S/C17H23FN4O2/c1-2-3-15-16(23)22(17(24)19-15)12-20-8-10-21(11-9-20)14-6-4-13(18)5-7-14/h4-7,15H,2-3,8-12H2,1H3,(H,19,24)/p+1/t15-/m1/s1. The van der Waals surface area contributed by atoms with Crippen LogP contribution < -0.4 is 15.1 Å². The number of hydrogen-bond donors (Lipinski definition) is 2. The molecule has 2 aliphatic heterocycles.